The fourth-order valence-corrected chi connectivity index (χ4v) is 3.65. The summed E-state index contributed by atoms with van der Waals surface area (Å²) in [6.45, 7) is 6.63. The third kappa shape index (κ3) is 2.92. The Morgan fingerprint density at radius 2 is 1.88 bits per heavy atom. The smallest absolute Gasteiger partial charge is 0.254 e. The third-order valence-electron chi connectivity index (χ3n) is 4.86. The first-order valence-corrected chi connectivity index (χ1v) is 8.91. The van der Waals surface area contributed by atoms with Gasteiger partial charge < -0.3 is 9.42 Å². The van der Waals surface area contributed by atoms with Gasteiger partial charge in [-0.25, -0.2) is 4.68 Å². The Bertz CT molecular complexity index is 939. The molecule has 3 aromatic rings. The number of carbonyl (C=O) groups is 1. The van der Waals surface area contributed by atoms with Gasteiger partial charge in [0, 0.05) is 23.9 Å². The molecule has 0 bridgehead atoms. The quantitative estimate of drug-likeness (QED) is 0.721. The molecule has 1 atom stereocenters. The number of carbonyl (C=O) groups excluding carboxylic acids is 1. The molecule has 6 nitrogen and oxygen atoms in total. The lowest BCUT2D eigenvalue weighted by Gasteiger charge is -2.22. The van der Waals surface area contributed by atoms with Crippen molar-refractivity contribution in [3.05, 3.63) is 64.8 Å². The number of nitrogens with zero attached hydrogens (tertiary/aromatic N) is 4. The summed E-state index contributed by atoms with van der Waals surface area (Å²) in [4.78, 5) is 14.9. The van der Waals surface area contributed by atoms with E-state index in [0.717, 1.165) is 47.9 Å². The lowest BCUT2D eigenvalue weighted by atomic mass is 10.1. The van der Waals surface area contributed by atoms with Crippen molar-refractivity contribution in [3.8, 4) is 5.69 Å². The number of amides is 1. The van der Waals surface area contributed by atoms with E-state index in [9.17, 15) is 4.79 Å². The molecule has 1 aliphatic rings. The van der Waals surface area contributed by atoms with E-state index in [1.807, 2.05) is 66.8 Å². The molecule has 0 spiro atoms. The molecule has 134 valence electrons. The molecule has 1 amide bonds. The molecule has 6 heteroatoms. The van der Waals surface area contributed by atoms with Gasteiger partial charge in [-0.05, 0) is 63.9 Å². The van der Waals surface area contributed by atoms with Crippen molar-refractivity contribution in [3.63, 3.8) is 0 Å². The zero-order chi connectivity index (χ0) is 18.3. The maximum atomic E-state index is 13.0. The summed E-state index contributed by atoms with van der Waals surface area (Å²) in [7, 11) is 0. The van der Waals surface area contributed by atoms with E-state index < -0.39 is 0 Å². The Kier molecular flexibility index (Phi) is 4.11. The summed E-state index contributed by atoms with van der Waals surface area (Å²) in [5, 5.41) is 8.45. The van der Waals surface area contributed by atoms with Crippen LogP contribution in [0.5, 0.6) is 0 Å². The summed E-state index contributed by atoms with van der Waals surface area (Å²) >= 11 is 0. The fourth-order valence-electron chi connectivity index (χ4n) is 3.65. The van der Waals surface area contributed by atoms with Crippen molar-refractivity contribution in [1.29, 1.82) is 0 Å². The van der Waals surface area contributed by atoms with Crippen molar-refractivity contribution < 1.29 is 9.32 Å². The second kappa shape index (κ2) is 6.44. The molecule has 0 N–H and O–H groups in total. The third-order valence-corrected chi connectivity index (χ3v) is 4.86. The summed E-state index contributed by atoms with van der Waals surface area (Å²) < 4.78 is 7.29. The van der Waals surface area contributed by atoms with Crippen molar-refractivity contribution in [2.24, 2.45) is 0 Å². The van der Waals surface area contributed by atoms with Gasteiger partial charge in [-0.1, -0.05) is 5.16 Å². The Morgan fingerprint density at radius 3 is 2.50 bits per heavy atom. The maximum absolute atomic E-state index is 13.0. The predicted octanol–water partition coefficient (Wildman–Crippen LogP) is 3.76. The number of hydrogen-bond donors (Lipinski definition) is 0. The average Bonchev–Trinajstić information content (AvgIpc) is 3.34. The highest BCUT2D eigenvalue weighted by Gasteiger charge is 2.33. The molecular weight excluding hydrogens is 328 g/mol. The molecule has 3 heterocycles. The second-order valence-corrected chi connectivity index (χ2v) is 6.91. The molecule has 4 rings (SSSR count). The van der Waals surface area contributed by atoms with Crippen LogP contribution in [-0.4, -0.2) is 32.3 Å². The van der Waals surface area contributed by atoms with Gasteiger partial charge in [0.2, 0.25) is 0 Å². The minimum absolute atomic E-state index is 0.0283. The standard InChI is InChI=1S/C20H22N4O2/c1-13-11-15(3)24(21-13)17-8-6-16(7-9-17)20(25)23-10-4-5-18(23)19-12-14(2)22-26-19/h6-9,11-12,18H,4-5,10H2,1-3H3/t18-/m1/s1. The number of rotatable bonds is 3. The van der Waals surface area contributed by atoms with Gasteiger partial charge in [-0.3, -0.25) is 4.79 Å². The van der Waals surface area contributed by atoms with Crippen LogP contribution in [0.3, 0.4) is 0 Å². The lowest BCUT2D eigenvalue weighted by Crippen LogP contribution is -2.30. The minimum Gasteiger partial charge on any atom is -0.359 e. The molecule has 0 unspecified atom stereocenters. The first kappa shape index (κ1) is 16.6. The van der Waals surface area contributed by atoms with E-state index in [1.165, 1.54) is 0 Å². The normalized spacial score (nSPS) is 17.0. The predicted molar refractivity (Wildman–Crippen MR) is 97.3 cm³/mol. The first-order chi connectivity index (χ1) is 12.5. The van der Waals surface area contributed by atoms with Crippen LogP contribution >= 0.6 is 0 Å². The molecule has 1 fully saturated rings. The molecule has 0 saturated carbocycles. The van der Waals surface area contributed by atoms with Crippen LogP contribution in [0.4, 0.5) is 0 Å². The first-order valence-electron chi connectivity index (χ1n) is 8.91. The summed E-state index contributed by atoms with van der Waals surface area (Å²) in [5.74, 6) is 0.800. The Morgan fingerprint density at radius 1 is 1.12 bits per heavy atom. The Labute approximate surface area is 152 Å². The van der Waals surface area contributed by atoms with Crippen molar-refractivity contribution in [2.45, 2.75) is 39.7 Å². The molecule has 0 radical (unpaired) electrons. The van der Waals surface area contributed by atoms with Gasteiger partial charge in [0.25, 0.3) is 5.91 Å². The Balaban J connectivity index is 1.57. The van der Waals surface area contributed by atoms with E-state index in [1.54, 1.807) is 0 Å². The molecular formula is C20H22N4O2. The fraction of sp³-hybridized carbons (Fsp3) is 0.350. The minimum atomic E-state index is -0.0283. The van der Waals surface area contributed by atoms with Crippen LogP contribution in [-0.2, 0) is 0 Å². The molecule has 26 heavy (non-hydrogen) atoms. The van der Waals surface area contributed by atoms with E-state index in [-0.39, 0.29) is 11.9 Å². The number of hydrogen-bond acceptors (Lipinski definition) is 4. The van der Waals surface area contributed by atoms with Crippen molar-refractivity contribution >= 4 is 5.91 Å². The van der Waals surface area contributed by atoms with Crippen LogP contribution in [0, 0.1) is 20.8 Å². The molecule has 2 aromatic heterocycles. The van der Waals surface area contributed by atoms with Crippen LogP contribution in [0.1, 0.15) is 52.1 Å². The van der Waals surface area contributed by atoms with Crippen LogP contribution in [0.25, 0.3) is 5.69 Å². The van der Waals surface area contributed by atoms with Gasteiger partial charge in [0.15, 0.2) is 5.76 Å². The number of benzene rings is 1. The summed E-state index contributed by atoms with van der Waals surface area (Å²) in [6, 6.07) is 11.5. The second-order valence-electron chi connectivity index (χ2n) is 6.91. The topological polar surface area (TPSA) is 64.2 Å². The maximum Gasteiger partial charge on any atom is 0.254 e. The highest BCUT2D eigenvalue weighted by atomic mass is 16.5. The number of likely N-dealkylation sites (tertiary alicyclic amines) is 1. The lowest BCUT2D eigenvalue weighted by molar-refractivity contribution is 0.0714. The SMILES string of the molecule is Cc1cc([C@H]2CCCN2C(=O)c2ccc(-n3nc(C)cc3C)cc2)on1. The van der Waals surface area contributed by atoms with Crippen LogP contribution < -0.4 is 0 Å². The van der Waals surface area contributed by atoms with Crippen LogP contribution in [0.15, 0.2) is 40.9 Å². The van der Waals surface area contributed by atoms with Gasteiger partial charge >= 0.3 is 0 Å². The van der Waals surface area contributed by atoms with Gasteiger partial charge in [0.1, 0.15) is 0 Å². The molecule has 0 aliphatic carbocycles. The zero-order valence-corrected chi connectivity index (χ0v) is 15.3. The van der Waals surface area contributed by atoms with Gasteiger partial charge in [-0.15, -0.1) is 0 Å². The van der Waals surface area contributed by atoms with E-state index in [0.29, 0.717) is 5.56 Å². The molecule has 1 aromatic carbocycles. The average molecular weight is 350 g/mol. The van der Waals surface area contributed by atoms with E-state index in [2.05, 4.69) is 10.3 Å². The van der Waals surface area contributed by atoms with Crippen molar-refractivity contribution in [2.75, 3.05) is 6.54 Å². The largest absolute Gasteiger partial charge is 0.359 e. The van der Waals surface area contributed by atoms with E-state index >= 15 is 0 Å². The zero-order valence-electron chi connectivity index (χ0n) is 15.3. The Hall–Kier alpha value is -2.89. The number of aromatic nitrogens is 3. The van der Waals surface area contributed by atoms with Crippen LogP contribution in [0.2, 0.25) is 0 Å². The number of aryl methyl sites for hydroxylation is 3. The monoisotopic (exact) mass is 350 g/mol. The van der Waals surface area contributed by atoms with E-state index in [4.69, 9.17) is 4.52 Å². The molecule has 1 saturated heterocycles. The highest BCUT2D eigenvalue weighted by Crippen LogP contribution is 2.33. The summed E-state index contributed by atoms with van der Waals surface area (Å²) in [5.41, 5.74) is 4.52. The highest BCUT2D eigenvalue weighted by molar-refractivity contribution is 5.94. The van der Waals surface area contributed by atoms with Crippen molar-refractivity contribution in [1.82, 2.24) is 19.8 Å². The summed E-state index contributed by atoms with van der Waals surface area (Å²) in [6.07, 6.45) is 1.88. The van der Waals surface area contributed by atoms with Gasteiger partial charge in [-0.2, -0.15) is 5.10 Å². The van der Waals surface area contributed by atoms with Gasteiger partial charge in [0.05, 0.1) is 23.1 Å². The molecule has 1 aliphatic heterocycles.